The van der Waals surface area contributed by atoms with Crippen LogP contribution in [0.3, 0.4) is 0 Å². The maximum atomic E-state index is 4.25. The Labute approximate surface area is 66.6 Å². The molecule has 57 valence electrons. The van der Waals surface area contributed by atoms with E-state index in [0.29, 0.717) is 6.17 Å². The summed E-state index contributed by atoms with van der Waals surface area (Å²) in [4.78, 5) is 0. The number of anilines is 1. The number of benzene rings is 1. The summed E-state index contributed by atoms with van der Waals surface area (Å²) < 4.78 is 0. The molecule has 0 bridgehead atoms. The zero-order valence-corrected chi connectivity index (χ0v) is 6.33. The van der Waals surface area contributed by atoms with E-state index in [1.165, 1.54) is 12.1 Å². The van der Waals surface area contributed by atoms with E-state index >= 15 is 0 Å². The van der Waals surface area contributed by atoms with Crippen molar-refractivity contribution in [2.75, 3.05) is 11.9 Å². The van der Waals surface area contributed by atoms with Crippen LogP contribution in [-0.2, 0) is 0 Å². The first kappa shape index (κ1) is 6.68. The summed E-state index contributed by atoms with van der Waals surface area (Å²) in [5.74, 6) is 0. The molecular weight excluding hydrogens is 136 g/mol. The van der Waals surface area contributed by atoms with Crippen molar-refractivity contribution in [2.45, 2.75) is 12.6 Å². The van der Waals surface area contributed by atoms with Gasteiger partial charge in [0, 0.05) is 12.2 Å². The number of nitrogens with zero attached hydrogens (tertiary/aromatic N) is 1. The van der Waals surface area contributed by atoms with Crippen molar-refractivity contribution < 1.29 is 0 Å². The topological polar surface area (TPSA) is 26.1 Å². The number of rotatable bonds is 2. The molecule has 0 saturated carbocycles. The van der Waals surface area contributed by atoms with Crippen molar-refractivity contribution in [3.8, 4) is 0 Å². The average Bonchev–Trinajstić information content (AvgIpc) is 1.99. The Kier molecular flexibility index (Phi) is 1.78. The zero-order valence-electron chi connectivity index (χ0n) is 6.33. The fourth-order valence-electron chi connectivity index (χ4n) is 1.10. The SMILES string of the molecule is c1ccc(NC2CC[N]2)cc1. The van der Waals surface area contributed by atoms with Crippen molar-refractivity contribution >= 4 is 5.69 Å². The van der Waals surface area contributed by atoms with Crippen molar-refractivity contribution in [2.24, 2.45) is 0 Å². The van der Waals surface area contributed by atoms with Crippen LogP contribution in [0.1, 0.15) is 6.42 Å². The summed E-state index contributed by atoms with van der Waals surface area (Å²) >= 11 is 0. The number of nitrogens with one attached hydrogen (secondary N) is 1. The quantitative estimate of drug-likeness (QED) is 0.673. The standard InChI is InChI=1S/C9H11N2/c1-2-4-8(5-3-1)11-9-6-7-10-9/h1-5,9,11H,6-7H2. The molecule has 0 amide bonds. The molecule has 2 nitrogen and oxygen atoms in total. The van der Waals surface area contributed by atoms with Gasteiger partial charge < -0.3 is 5.32 Å². The van der Waals surface area contributed by atoms with E-state index < -0.39 is 0 Å². The summed E-state index contributed by atoms with van der Waals surface area (Å²) in [6.45, 7) is 1.02. The third-order valence-electron chi connectivity index (χ3n) is 1.86. The van der Waals surface area contributed by atoms with Gasteiger partial charge in [0.05, 0.1) is 6.17 Å². The Morgan fingerprint density at radius 3 is 2.55 bits per heavy atom. The molecule has 1 aromatic rings. The first-order valence-corrected chi connectivity index (χ1v) is 3.93. The van der Waals surface area contributed by atoms with Gasteiger partial charge in [-0.2, -0.15) is 0 Å². The lowest BCUT2D eigenvalue weighted by Crippen LogP contribution is -2.42. The number of hydrogen-bond donors (Lipinski definition) is 1. The second-order valence-electron chi connectivity index (χ2n) is 2.72. The van der Waals surface area contributed by atoms with Gasteiger partial charge in [0.15, 0.2) is 0 Å². The summed E-state index contributed by atoms with van der Waals surface area (Å²) in [6.07, 6.45) is 1.55. The monoisotopic (exact) mass is 147 g/mol. The molecule has 1 atom stereocenters. The second-order valence-corrected chi connectivity index (χ2v) is 2.72. The Morgan fingerprint density at radius 1 is 1.27 bits per heavy atom. The highest BCUT2D eigenvalue weighted by atomic mass is 15.2. The first-order chi connectivity index (χ1) is 5.45. The summed E-state index contributed by atoms with van der Waals surface area (Å²) in [6, 6.07) is 10.2. The van der Waals surface area contributed by atoms with Crippen LogP contribution >= 0.6 is 0 Å². The van der Waals surface area contributed by atoms with Gasteiger partial charge in [-0.25, -0.2) is 5.32 Å². The van der Waals surface area contributed by atoms with Crippen molar-refractivity contribution in [1.82, 2.24) is 5.32 Å². The third kappa shape index (κ3) is 1.52. The van der Waals surface area contributed by atoms with E-state index in [2.05, 4.69) is 22.8 Å². The van der Waals surface area contributed by atoms with E-state index in [-0.39, 0.29) is 0 Å². The lowest BCUT2D eigenvalue weighted by Gasteiger charge is -2.27. The first-order valence-electron chi connectivity index (χ1n) is 3.93. The van der Waals surface area contributed by atoms with Gasteiger partial charge in [-0.3, -0.25) is 0 Å². The summed E-state index contributed by atoms with van der Waals surface area (Å²) in [7, 11) is 0. The van der Waals surface area contributed by atoms with E-state index in [4.69, 9.17) is 0 Å². The Bertz CT molecular complexity index is 216. The molecule has 0 aromatic heterocycles. The maximum Gasteiger partial charge on any atom is 0.0940 e. The smallest absolute Gasteiger partial charge is 0.0940 e. The fraction of sp³-hybridized carbons (Fsp3) is 0.333. The Morgan fingerprint density at radius 2 is 2.00 bits per heavy atom. The molecule has 2 heteroatoms. The zero-order chi connectivity index (χ0) is 7.52. The van der Waals surface area contributed by atoms with Crippen molar-refractivity contribution in [3.63, 3.8) is 0 Å². The molecule has 1 fully saturated rings. The minimum atomic E-state index is 0.373. The summed E-state index contributed by atoms with van der Waals surface area (Å²) in [5, 5.41) is 7.56. The molecular formula is C9H11N2. The molecule has 1 aliphatic heterocycles. The minimum absolute atomic E-state index is 0.373. The van der Waals surface area contributed by atoms with Crippen LogP contribution < -0.4 is 10.6 Å². The third-order valence-corrected chi connectivity index (χ3v) is 1.86. The minimum Gasteiger partial charge on any atom is -0.369 e. The highest BCUT2D eigenvalue weighted by Crippen LogP contribution is 2.11. The largest absolute Gasteiger partial charge is 0.369 e. The van der Waals surface area contributed by atoms with Crippen molar-refractivity contribution in [3.05, 3.63) is 30.3 Å². The predicted octanol–water partition coefficient (Wildman–Crippen LogP) is 1.43. The van der Waals surface area contributed by atoms with Crippen LogP contribution in [-0.4, -0.2) is 12.7 Å². The fourth-order valence-corrected chi connectivity index (χ4v) is 1.10. The lowest BCUT2D eigenvalue weighted by atomic mass is 10.2. The van der Waals surface area contributed by atoms with E-state index in [1.54, 1.807) is 0 Å². The van der Waals surface area contributed by atoms with Crippen LogP contribution in [0.25, 0.3) is 0 Å². The number of hydrogen-bond acceptors (Lipinski definition) is 1. The Hall–Kier alpha value is -1.02. The molecule has 0 spiro atoms. The average molecular weight is 147 g/mol. The molecule has 2 rings (SSSR count). The molecule has 11 heavy (non-hydrogen) atoms. The second kappa shape index (κ2) is 2.93. The van der Waals surface area contributed by atoms with Gasteiger partial charge in [0.1, 0.15) is 0 Å². The van der Waals surface area contributed by atoms with Crippen LogP contribution in [0, 0.1) is 0 Å². The molecule has 1 radical (unpaired) electrons. The van der Waals surface area contributed by atoms with Gasteiger partial charge in [-0.1, -0.05) is 18.2 Å². The van der Waals surface area contributed by atoms with Crippen LogP contribution in [0.4, 0.5) is 5.69 Å². The lowest BCUT2D eigenvalue weighted by molar-refractivity contribution is 0.398. The normalized spacial score (nSPS) is 22.4. The highest BCUT2D eigenvalue weighted by molar-refractivity contribution is 5.43. The van der Waals surface area contributed by atoms with E-state index in [1.807, 2.05) is 18.2 Å². The van der Waals surface area contributed by atoms with Gasteiger partial charge in [0.2, 0.25) is 0 Å². The van der Waals surface area contributed by atoms with E-state index in [9.17, 15) is 0 Å². The number of para-hydroxylation sites is 1. The predicted molar refractivity (Wildman–Crippen MR) is 45.5 cm³/mol. The summed E-state index contributed by atoms with van der Waals surface area (Å²) in [5.41, 5.74) is 1.17. The van der Waals surface area contributed by atoms with Crippen LogP contribution in [0.15, 0.2) is 30.3 Å². The maximum absolute atomic E-state index is 4.25. The highest BCUT2D eigenvalue weighted by Gasteiger charge is 2.16. The molecule has 0 aliphatic carbocycles. The molecule has 1 heterocycles. The van der Waals surface area contributed by atoms with E-state index in [0.717, 1.165) is 6.54 Å². The van der Waals surface area contributed by atoms with Gasteiger partial charge in [-0.15, -0.1) is 0 Å². The van der Waals surface area contributed by atoms with Gasteiger partial charge in [-0.05, 0) is 18.6 Å². The van der Waals surface area contributed by atoms with Gasteiger partial charge >= 0.3 is 0 Å². The van der Waals surface area contributed by atoms with Crippen molar-refractivity contribution in [1.29, 1.82) is 0 Å². The Balaban J connectivity index is 1.95. The van der Waals surface area contributed by atoms with Crippen LogP contribution in [0.2, 0.25) is 0 Å². The molecule has 1 unspecified atom stereocenters. The molecule has 1 N–H and O–H groups in total. The van der Waals surface area contributed by atoms with Gasteiger partial charge in [0.25, 0.3) is 0 Å². The molecule has 1 aromatic carbocycles. The molecule has 1 saturated heterocycles. The molecule has 1 aliphatic rings. The van der Waals surface area contributed by atoms with Crippen LogP contribution in [0.5, 0.6) is 0 Å².